The third-order valence-electron chi connectivity index (χ3n) is 3.76. The molecule has 0 amide bonds. The van der Waals surface area contributed by atoms with Gasteiger partial charge in [-0.1, -0.05) is 12.1 Å². The van der Waals surface area contributed by atoms with E-state index in [0.29, 0.717) is 30.2 Å². The highest BCUT2D eigenvalue weighted by Gasteiger charge is 2.28. The molecule has 2 aromatic rings. The minimum Gasteiger partial charge on any atom is -0.377 e. The summed E-state index contributed by atoms with van der Waals surface area (Å²) < 4.78 is 47.4. The molecular weight excluding hydrogens is 335 g/mol. The van der Waals surface area contributed by atoms with Gasteiger partial charge in [-0.3, -0.25) is 0 Å². The van der Waals surface area contributed by atoms with Crippen LogP contribution in [0.2, 0.25) is 0 Å². The lowest BCUT2D eigenvalue weighted by molar-refractivity contribution is 0.177. The summed E-state index contributed by atoms with van der Waals surface area (Å²) in [5.41, 5.74) is 0.403. The van der Waals surface area contributed by atoms with Crippen LogP contribution in [-0.4, -0.2) is 30.3 Å². The summed E-state index contributed by atoms with van der Waals surface area (Å²) in [5.74, 6) is 0.393. The molecule has 0 aliphatic carbocycles. The summed E-state index contributed by atoms with van der Waals surface area (Å²) >= 11 is 0. The molecule has 24 heavy (non-hydrogen) atoms. The molecule has 0 bridgehead atoms. The van der Waals surface area contributed by atoms with Gasteiger partial charge in [-0.15, -0.1) is 0 Å². The van der Waals surface area contributed by atoms with Crippen molar-refractivity contribution in [3.63, 3.8) is 0 Å². The summed E-state index contributed by atoms with van der Waals surface area (Å²) in [6.07, 6.45) is 1.45. The first kappa shape index (κ1) is 17.0. The lowest BCUT2D eigenvalue weighted by Crippen LogP contribution is -2.34. The molecule has 1 aliphatic heterocycles. The van der Waals surface area contributed by atoms with Gasteiger partial charge in [0, 0.05) is 13.7 Å². The fraction of sp³-hybridized carbons (Fsp3) is 0.467. The molecule has 1 aromatic heterocycles. The van der Waals surface area contributed by atoms with E-state index in [0.717, 1.165) is 6.42 Å². The van der Waals surface area contributed by atoms with Crippen molar-refractivity contribution >= 4 is 10.0 Å². The molecule has 2 heterocycles. The second kappa shape index (κ2) is 6.96. The number of nitrogens with one attached hydrogen (secondary N) is 1. The largest absolute Gasteiger partial charge is 0.377 e. The number of sulfonamides is 1. The van der Waals surface area contributed by atoms with E-state index < -0.39 is 21.9 Å². The Bertz CT molecular complexity index is 822. The van der Waals surface area contributed by atoms with E-state index in [1.165, 1.54) is 18.2 Å². The van der Waals surface area contributed by atoms with Crippen LogP contribution in [0.1, 0.15) is 36.1 Å². The number of fused-ring (bicyclic) bond motifs is 1. The van der Waals surface area contributed by atoms with E-state index in [9.17, 15) is 12.8 Å². The van der Waals surface area contributed by atoms with Crippen LogP contribution in [-0.2, 0) is 33.7 Å². The SMILES string of the molecule is COCc1nc2n(n1)CCC[C@H]2NS(=O)(=O)Cc1cccc(F)c1. The quantitative estimate of drug-likeness (QED) is 0.850. The lowest BCUT2D eigenvalue weighted by Gasteiger charge is -2.23. The molecule has 9 heteroatoms. The standard InChI is InChI=1S/C15H19FN4O3S/c1-23-9-14-17-15-13(6-3-7-20(15)18-14)19-24(21,22)10-11-4-2-5-12(16)8-11/h2,4-5,8,13,19H,3,6-7,9-10H2,1H3/t13-/m1/s1. The molecule has 0 saturated heterocycles. The molecule has 0 radical (unpaired) electrons. The summed E-state index contributed by atoms with van der Waals surface area (Å²) in [5, 5.41) is 4.31. The number of hydrogen-bond acceptors (Lipinski definition) is 5. The predicted octanol–water partition coefficient (Wildman–Crippen LogP) is 1.52. The number of nitrogens with zero attached hydrogens (tertiary/aromatic N) is 3. The van der Waals surface area contributed by atoms with Crippen LogP contribution in [0.3, 0.4) is 0 Å². The number of methoxy groups -OCH3 is 1. The van der Waals surface area contributed by atoms with Crippen molar-refractivity contribution in [3.8, 4) is 0 Å². The van der Waals surface area contributed by atoms with Gasteiger partial charge in [0.15, 0.2) is 5.82 Å². The van der Waals surface area contributed by atoms with Crippen LogP contribution >= 0.6 is 0 Å². The molecule has 1 aliphatic rings. The number of ether oxygens (including phenoxy) is 1. The molecular formula is C15H19FN4O3S. The Balaban J connectivity index is 1.76. The highest BCUT2D eigenvalue weighted by molar-refractivity contribution is 7.88. The van der Waals surface area contributed by atoms with Crippen molar-refractivity contribution in [3.05, 3.63) is 47.3 Å². The van der Waals surface area contributed by atoms with E-state index in [4.69, 9.17) is 4.74 Å². The van der Waals surface area contributed by atoms with Crippen molar-refractivity contribution in [1.82, 2.24) is 19.5 Å². The van der Waals surface area contributed by atoms with Gasteiger partial charge in [-0.25, -0.2) is 27.2 Å². The van der Waals surface area contributed by atoms with Crippen LogP contribution < -0.4 is 4.72 Å². The zero-order valence-corrected chi connectivity index (χ0v) is 14.1. The third-order valence-corrected chi connectivity index (χ3v) is 5.12. The number of rotatable bonds is 6. The molecule has 1 aromatic carbocycles. The molecule has 0 spiro atoms. The Morgan fingerprint density at radius 1 is 1.46 bits per heavy atom. The first-order valence-corrected chi connectivity index (χ1v) is 9.29. The molecule has 7 nitrogen and oxygen atoms in total. The van der Waals surface area contributed by atoms with Crippen LogP contribution in [0.5, 0.6) is 0 Å². The van der Waals surface area contributed by atoms with E-state index >= 15 is 0 Å². The number of benzene rings is 1. The summed E-state index contributed by atoms with van der Waals surface area (Å²) in [4.78, 5) is 4.37. The molecule has 1 atom stereocenters. The maximum atomic E-state index is 13.2. The predicted molar refractivity (Wildman–Crippen MR) is 84.9 cm³/mol. The minimum absolute atomic E-state index is 0.277. The molecule has 0 fully saturated rings. The zero-order chi connectivity index (χ0) is 17.2. The van der Waals surface area contributed by atoms with Gasteiger partial charge in [-0.05, 0) is 30.5 Å². The Morgan fingerprint density at radius 3 is 3.04 bits per heavy atom. The fourth-order valence-corrected chi connectivity index (χ4v) is 4.16. The van der Waals surface area contributed by atoms with Crippen LogP contribution in [0.25, 0.3) is 0 Å². The normalized spacial score (nSPS) is 17.7. The fourth-order valence-electron chi connectivity index (χ4n) is 2.81. The monoisotopic (exact) mass is 354 g/mol. The average Bonchev–Trinajstić information content (AvgIpc) is 2.90. The molecule has 130 valence electrons. The van der Waals surface area contributed by atoms with Gasteiger partial charge in [0.1, 0.15) is 18.2 Å². The van der Waals surface area contributed by atoms with Crippen molar-refractivity contribution in [2.75, 3.05) is 7.11 Å². The van der Waals surface area contributed by atoms with Gasteiger partial charge in [-0.2, -0.15) is 5.10 Å². The van der Waals surface area contributed by atoms with Crippen molar-refractivity contribution < 1.29 is 17.5 Å². The Morgan fingerprint density at radius 2 is 2.29 bits per heavy atom. The van der Waals surface area contributed by atoms with Gasteiger partial charge in [0.25, 0.3) is 0 Å². The van der Waals surface area contributed by atoms with Crippen LogP contribution in [0.15, 0.2) is 24.3 Å². The number of aromatic nitrogens is 3. The molecule has 0 unspecified atom stereocenters. The second-order valence-corrected chi connectivity index (χ2v) is 7.50. The lowest BCUT2D eigenvalue weighted by atomic mass is 10.1. The van der Waals surface area contributed by atoms with E-state index in [1.807, 2.05) is 0 Å². The average molecular weight is 354 g/mol. The van der Waals surface area contributed by atoms with Gasteiger partial charge < -0.3 is 4.74 Å². The maximum absolute atomic E-state index is 13.2. The molecule has 3 rings (SSSR count). The van der Waals surface area contributed by atoms with E-state index in [2.05, 4.69) is 14.8 Å². The Kier molecular flexibility index (Phi) is 4.93. The molecule has 0 saturated carbocycles. The first-order valence-electron chi connectivity index (χ1n) is 7.64. The number of aryl methyl sites for hydroxylation is 1. The summed E-state index contributed by atoms with van der Waals surface area (Å²) in [6, 6.07) is 5.15. The van der Waals surface area contributed by atoms with Crippen LogP contribution in [0.4, 0.5) is 4.39 Å². The topological polar surface area (TPSA) is 86.1 Å². The van der Waals surface area contributed by atoms with Gasteiger partial charge in [0.05, 0.1) is 11.8 Å². The van der Waals surface area contributed by atoms with Crippen LogP contribution in [0, 0.1) is 5.82 Å². The number of hydrogen-bond donors (Lipinski definition) is 1. The van der Waals surface area contributed by atoms with E-state index in [1.54, 1.807) is 17.9 Å². The summed E-state index contributed by atoms with van der Waals surface area (Å²) in [6.45, 7) is 0.983. The molecule has 1 N–H and O–H groups in total. The second-order valence-electron chi connectivity index (χ2n) is 5.74. The maximum Gasteiger partial charge on any atom is 0.216 e. The highest BCUT2D eigenvalue weighted by atomic mass is 32.2. The zero-order valence-electron chi connectivity index (χ0n) is 13.3. The van der Waals surface area contributed by atoms with E-state index in [-0.39, 0.29) is 12.4 Å². The Hall–Kier alpha value is -1.84. The summed E-state index contributed by atoms with van der Waals surface area (Å²) in [7, 11) is -2.07. The van der Waals surface area contributed by atoms with Crippen molar-refractivity contribution in [1.29, 1.82) is 0 Å². The Labute approximate surface area is 139 Å². The number of halogens is 1. The van der Waals surface area contributed by atoms with Gasteiger partial charge >= 0.3 is 0 Å². The first-order chi connectivity index (χ1) is 11.5. The van der Waals surface area contributed by atoms with Crippen molar-refractivity contribution in [2.24, 2.45) is 0 Å². The van der Waals surface area contributed by atoms with Crippen molar-refractivity contribution in [2.45, 2.75) is 37.8 Å². The van der Waals surface area contributed by atoms with Gasteiger partial charge in [0.2, 0.25) is 10.0 Å². The third kappa shape index (κ3) is 3.97. The smallest absolute Gasteiger partial charge is 0.216 e. The minimum atomic E-state index is -3.63. The highest BCUT2D eigenvalue weighted by Crippen LogP contribution is 2.24.